The van der Waals surface area contributed by atoms with Crippen molar-refractivity contribution >= 4 is 28.4 Å². The van der Waals surface area contributed by atoms with Crippen LogP contribution in [0.5, 0.6) is 0 Å². The number of halogens is 1. The molecular formula is C27H21FN2O3. The van der Waals surface area contributed by atoms with Gasteiger partial charge in [-0.3, -0.25) is 9.59 Å². The number of para-hydroxylation sites is 1. The average Bonchev–Trinajstić information content (AvgIpc) is 3.37. The van der Waals surface area contributed by atoms with Crippen LogP contribution in [0.25, 0.3) is 16.7 Å². The van der Waals surface area contributed by atoms with Crippen LogP contribution >= 0.6 is 0 Å². The van der Waals surface area contributed by atoms with E-state index in [-0.39, 0.29) is 16.9 Å². The fourth-order valence-electron chi connectivity index (χ4n) is 4.44. The first-order valence-electron chi connectivity index (χ1n) is 10.7. The number of benzene rings is 3. The van der Waals surface area contributed by atoms with E-state index in [0.29, 0.717) is 13.0 Å². The standard InChI is InChI=1S/C27H21FN2O3/c28-20-12-10-18(11-13-20)25(31)23-24(17-6-2-1-3-7-17)30(27(33)26(23)32)15-14-19-16-29-22-9-5-4-8-21(19)22/h1-13,16,24,29,31H,14-15H2/b25-23-. The maximum absolute atomic E-state index is 13.4. The number of aromatic amines is 1. The molecule has 1 aliphatic heterocycles. The molecule has 5 rings (SSSR count). The normalized spacial score (nSPS) is 17.7. The Morgan fingerprint density at radius 2 is 1.64 bits per heavy atom. The van der Waals surface area contributed by atoms with Crippen LogP contribution in [0.15, 0.2) is 90.6 Å². The molecule has 6 heteroatoms. The molecule has 1 aliphatic rings. The van der Waals surface area contributed by atoms with E-state index in [2.05, 4.69) is 4.98 Å². The predicted molar refractivity (Wildman–Crippen MR) is 124 cm³/mol. The molecule has 1 saturated heterocycles. The summed E-state index contributed by atoms with van der Waals surface area (Å²) in [6, 6.07) is 21.5. The highest BCUT2D eigenvalue weighted by Gasteiger charge is 2.45. The molecule has 1 fully saturated rings. The number of Topliss-reactive ketones (excluding diaryl/α,β-unsaturated/α-hetero) is 1. The van der Waals surface area contributed by atoms with Crippen molar-refractivity contribution in [3.63, 3.8) is 0 Å². The largest absolute Gasteiger partial charge is 0.507 e. The number of ketones is 1. The lowest BCUT2D eigenvalue weighted by atomic mass is 9.95. The molecule has 0 aliphatic carbocycles. The van der Waals surface area contributed by atoms with Gasteiger partial charge in [0.25, 0.3) is 11.7 Å². The van der Waals surface area contributed by atoms with E-state index in [1.807, 2.05) is 60.8 Å². The van der Waals surface area contributed by atoms with Crippen molar-refractivity contribution in [2.24, 2.45) is 0 Å². The highest BCUT2D eigenvalue weighted by atomic mass is 19.1. The summed E-state index contributed by atoms with van der Waals surface area (Å²) in [7, 11) is 0. The first-order valence-corrected chi connectivity index (χ1v) is 10.7. The smallest absolute Gasteiger partial charge is 0.295 e. The van der Waals surface area contributed by atoms with Gasteiger partial charge in [-0.2, -0.15) is 0 Å². The van der Waals surface area contributed by atoms with Crippen LogP contribution in [0, 0.1) is 5.82 Å². The van der Waals surface area contributed by atoms with Crippen molar-refractivity contribution in [3.8, 4) is 0 Å². The Bertz CT molecular complexity index is 1370. The maximum atomic E-state index is 13.4. The third-order valence-corrected chi connectivity index (χ3v) is 6.07. The molecule has 2 heterocycles. The van der Waals surface area contributed by atoms with Gasteiger partial charge >= 0.3 is 0 Å². The number of H-pyrrole nitrogens is 1. The molecule has 1 atom stereocenters. The van der Waals surface area contributed by atoms with Crippen molar-refractivity contribution in [2.75, 3.05) is 6.54 Å². The molecule has 164 valence electrons. The molecule has 1 amide bonds. The fraction of sp³-hybridized carbons (Fsp3) is 0.111. The Morgan fingerprint density at radius 3 is 2.39 bits per heavy atom. The number of nitrogens with one attached hydrogen (secondary N) is 1. The van der Waals surface area contributed by atoms with Gasteiger partial charge in [0.05, 0.1) is 11.6 Å². The lowest BCUT2D eigenvalue weighted by Crippen LogP contribution is -2.31. The van der Waals surface area contributed by atoms with E-state index in [1.165, 1.54) is 29.2 Å². The van der Waals surface area contributed by atoms with Crippen molar-refractivity contribution in [1.29, 1.82) is 0 Å². The number of amides is 1. The number of hydrogen-bond donors (Lipinski definition) is 2. The van der Waals surface area contributed by atoms with Gasteiger partial charge in [-0.15, -0.1) is 0 Å². The minimum absolute atomic E-state index is 0.0109. The number of likely N-dealkylation sites (tertiary alicyclic amines) is 1. The second-order valence-electron chi connectivity index (χ2n) is 8.02. The summed E-state index contributed by atoms with van der Waals surface area (Å²) in [6.07, 6.45) is 2.45. The Hall–Kier alpha value is -4.19. The molecule has 0 radical (unpaired) electrons. The zero-order valence-electron chi connectivity index (χ0n) is 17.7. The van der Waals surface area contributed by atoms with Gasteiger partial charge in [-0.25, -0.2) is 4.39 Å². The summed E-state index contributed by atoms with van der Waals surface area (Å²) in [6.45, 7) is 0.298. The third-order valence-electron chi connectivity index (χ3n) is 6.07. The summed E-state index contributed by atoms with van der Waals surface area (Å²) >= 11 is 0. The van der Waals surface area contributed by atoms with Gasteiger partial charge in [0.2, 0.25) is 0 Å². The van der Waals surface area contributed by atoms with E-state index in [4.69, 9.17) is 0 Å². The van der Waals surface area contributed by atoms with Crippen molar-refractivity contribution in [3.05, 3.63) is 113 Å². The molecular weight excluding hydrogens is 419 g/mol. The Kier molecular flexibility index (Phi) is 5.26. The third kappa shape index (κ3) is 3.69. The predicted octanol–water partition coefficient (Wildman–Crippen LogP) is 4.97. The minimum atomic E-state index is -0.746. The Morgan fingerprint density at radius 1 is 0.939 bits per heavy atom. The highest BCUT2D eigenvalue weighted by Crippen LogP contribution is 2.39. The molecule has 1 aromatic heterocycles. The van der Waals surface area contributed by atoms with Crippen molar-refractivity contribution < 1.29 is 19.1 Å². The zero-order valence-corrected chi connectivity index (χ0v) is 17.7. The lowest BCUT2D eigenvalue weighted by Gasteiger charge is -2.25. The van der Waals surface area contributed by atoms with Crippen LogP contribution in [0.4, 0.5) is 4.39 Å². The topological polar surface area (TPSA) is 73.4 Å². The van der Waals surface area contributed by atoms with Gasteiger partial charge in [-0.05, 0) is 47.9 Å². The maximum Gasteiger partial charge on any atom is 0.295 e. The van der Waals surface area contributed by atoms with Crippen LogP contribution in [-0.2, 0) is 16.0 Å². The second-order valence-corrected chi connectivity index (χ2v) is 8.02. The quantitative estimate of drug-likeness (QED) is 0.261. The molecule has 33 heavy (non-hydrogen) atoms. The molecule has 0 saturated carbocycles. The first kappa shape index (κ1) is 20.7. The number of nitrogens with zero attached hydrogens (tertiary/aromatic N) is 1. The number of fused-ring (bicyclic) bond motifs is 1. The number of hydrogen-bond acceptors (Lipinski definition) is 3. The zero-order chi connectivity index (χ0) is 22.9. The van der Waals surface area contributed by atoms with E-state index in [0.717, 1.165) is 22.0 Å². The van der Waals surface area contributed by atoms with Gasteiger partial charge in [0.15, 0.2) is 0 Å². The van der Waals surface area contributed by atoms with Crippen LogP contribution in [0.1, 0.15) is 22.7 Å². The van der Waals surface area contributed by atoms with E-state index >= 15 is 0 Å². The lowest BCUT2D eigenvalue weighted by molar-refractivity contribution is -0.139. The Labute approximate surface area is 189 Å². The number of rotatable bonds is 5. The molecule has 1 unspecified atom stereocenters. The highest BCUT2D eigenvalue weighted by molar-refractivity contribution is 6.46. The number of aromatic nitrogens is 1. The summed E-state index contributed by atoms with van der Waals surface area (Å²) in [4.78, 5) is 30.9. The molecule has 2 N–H and O–H groups in total. The first-order chi connectivity index (χ1) is 16.0. The SMILES string of the molecule is O=C1C(=O)N(CCc2c[nH]c3ccccc23)C(c2ccccc2)/C1=C(/O)c1ccc(F)cc1. The van der Waals surface area contributed by atoms with Gasteiger partial charge in [0, 0.05) is 29.2 Å². The molecule has 5 nitrogen and oxygen atoms in total. The molecule has 4 aromatic rings. The van der Waals surface area contributed by atoms with E-state index < -0.39 is 23.5 Å². The van der Waals surface area contributed by atoms with E-state index in [9.17, 15) is 19.1 Å². The van der Waals surface area contributed by atoms with Gasteiger partial charge in [-0.1, -0.05) is 48.5 Å². The number of aliphatic hydroxyl groups is 1. The van der Waals surface area contributed by atoms with Crippen LogP contribution in [0.2, 0.25) is 0 Å². The van der Waals surface area contributed by atoms with E-state index in [1.54, 1.807) is 0 Å². The fourth-order valence-corrected chi connectivity index (χ4v) is 4.44. The Balaban J connectivity index is 1.55. The van der Waals surface area contributed by atoms with Crippen LogP contribution < -0.4 is 0 Å². The number of aliphatic hydroxyl groups excluding tert-OH is 1. The monoisotopic (exact) mass is 440 g/mol. The average molecular weight is 440 g/mol. The summed E-state index contributed by atoms with van der Waals surface area (Å²) < 4.78 is 13.4. The minimum Gasteiger partial charge on any atom is -0.507 e. The molecule has 3 aromatic carbocycles. The summed E-state index contributed by atoms with van der Waals surface area (Å²) in [5, 5.41) is 12.1. The van der Waals surface area contributed by atoms with Crippen LogP contribution in [0.3, 0.4) is 0 Å². The number of carbonyl (C=O) groups excluding carboxylic acids is 2. The summed E-state index contributed by atoms with van der Waals surface area (Å²) in [5.41, 5.74) is 3.06. The number of carbonyl (C=O) groups is 2. The molecule has 0 bridgehead atoms. The second kappa shape index (κ2) is 8.39. The van der Waals surface area contributed by atoms with Crippen molar-refractivity contribution in [2.45, 2.75) is 12.5 Å². The molecule has 0 spiro atoms. The van der Waals surface area contributed by atoms with Gasteiger partial charge < -0.3 is 15.0 Å². The van der Waals surface area contributed by atoms with Gasteiger partial charge in [0.1, 0.15) is 11.6 Å². The summed E-state index contributed by atoms with van der Waals surface area (Å²) in [5.74, 6) is -2.17. The van der Waals surface area contributed by atoms with Crippen LogP contribution in [-0.4, -0.2) is 33.2 Å². The van der Waals surface area contributed by atoms with Crippen molar-refractivity contribution in [1.82, 2.24) is 9.88 Å².